The van der Waals surface area contributed by atoms with Crippen LogP contribution in [0, 0.1) is 5.82 Å². The van der Waals surface area contributed by atoms with E-state index in [0.29, 0.717) is 18.4 Å². The lowest BCUT2D eigenvalue weighted by Crippen LogP contribution is -2.52. The Labute approximate surface area is 207 Å². The largest absolute Gasteiger partial charge is 0.446 e. The van der Waals surface area contributed by atoms with Gasteiger partial charge in [0.15, 0.2) is 0 Å². The number of amides is 4. The zero-order valence-electron chi connectivity index (χ0n) is 19.3. The zero-order chi connectivity index (χ0) is 26.3. The van der Waals surface area contributed by atoms with E-state index in [4.69, 9.17) is 4.74 Å². The van der Waals surface area contributed by atoms with Crippen LogP contribution in [0.15, 0.2) is 24.4 Å². The molecule has 5 rings (SSSR count). The van der Waals surface area contributed by atoms with E-state index >= 15 is 4.39 Å². The first-order valence-electron chi connectivity index (χ1n) is 11.6. The smallest absolute Gasteiger partial charge is 0.407 e. The van der Waals surface area contributed by atoms with Crippen molar-refractivity contribution in [3.63, 3.8) is 0 Å². The van der Waals surface area contributed by atoms with Crippen LogP contribution in [0.3, 0.4) is 0 Å². The summed E-state index contributed by atoms with van der Waals surface area (Å²) in [5.41, 5.74) is 0.305. The molecule has 0 radical (unpaired) electrons. The highest BCUT2D eigenvalue weighted by Gasteiger charge is 2.41. The minimum Gasteiger partial charge on any atom is -0.446 e. The molecule has 0 bridgehead atoms. The van der Waals surface area contributed by atoms with E-state index in [1.807, 2.05) is 0 Å². The van der Waals surface area contributed by atoms with Crippen LogP contribution >= 0.6 is 0 Å². The molecule has 1 aromatic heterocycles. The number of alkyl halides is 2. The highest BCUT2D eigenvalue weighted by molar-refractivity contribution is 6.05. The number of halogens is 3. The number of carbonyl (C=O) groups is 4. The van der Waals surface area contributed by atoms with Crippen molar-refractivity contribution in [2.24, 2.45) is 0 Å². The van der Waals surface area contributed by atoms with E-state index < -0.39 is 48.4 Å². The first-order chi connectivity index (χ1) is 17.7. The number of nitrogens with one attached hydrogen (secondary N) is 2. The van der Waals surface area contributed by atoms with E-state index in [0.717, 1.165) is 0 Å². The molecule has 4 amide bonds. The molecule has 1 aliphatic carbocycles. The van der Waals surface area contributed by atoms with Crippen LogP contribution in [0.5, 0.6) is 5.88 Å². The first kappa shape index (κ1) is 24.6. The normalized spacial score (nSPS) is 23.0. The van der Waals surface area contributed by atoms with Gasteiger partial charge in [-0.15, -0.1) is 0 Å². The van der Waals surface area contributed by atoms with Gasteiger partial charge in [-0.2, -0.15) is 13.9 Å². The molecule has 2 N–H and O–H groups in total. The number of hydrogen-bond donors (Lipinski definition) is 2. The van der Waals surface area contributed by atoms with Crippen molar-refractivity contribution in [1.29, 1.82) is 0 Å². The lowest BCUT2D eigenvalue weighted by atomic mass is 9.89. The van der Waals surface area contributed by atoms with E-state index in [2.05, 4.69) is 20.5 Å². The standard InChI is InChI=1S/C23H22F3N5O6/c24-19-11(1-2-12-10-30(21(34)18(12)19)15-3-4-16(32)29-20(15)33)9-27-23(35)36-14-7-13(8-14)31-17(5-6-28-31)37-22(25)26/h1-2,5-6,13-15,22H,3-4,7-10H2,(H,27,35)(H,29,32,33)/t13?,14?,15-/m0/s1. The molecule has 2 aliphatic heterocycles. The number of rotatable bonds is 7. The van der Waals surface area contributed by atoms with Crippen LogP contribution in [0.25, 0.3) is 0 Å². The van der Waals surface area contributed by atoms with Crippen LogP contribution in [0.2, 0.25) is 0 Å². The Morgan fingerprint density at radius 3 is 2.73 bits per heavy atom. The number of imide groups is 1. The molecule has 0 spiro atoms. The fourth-order valence-electron chi connectivity index (χ4n) is 4.74. The Hall–Kier alpha value is -4.10. The summed E-state index contributed by atoms with van der Waals surface area (Å²) < 4.78 is 51.1. The molecule has 1 atom stereocenters. The summed E-state index contributed by atoms with van der Waals surface area (Å²) in [6.45, 7) is -3.19. The molecule has 3 aliphatic rings. The van der Waals surface area contributed by atoms with Crippen molar-refractivity contribution in [1.82, 2.24) is 25.3 Å². The maximum atomic E-state index is 15.2. The number of benzene rings is 1. The Morgan fingerprint density at radius 1 is 1.22 bits per heavy atom. The summed E-state index contributed by atoms with van der Waals surface area (Å²) in [7, 11) is 0. The minimum atomic E-state index is -2.98. The van der Waals surface area contributed by atoms with Crippen molar-refractivity contribution >= 4 is 23.8 Å². The fraction of sp³-hybridized carbons (Fsp3) is 0.435. The number of aromatic nitrogens is 2. The van der Waals surface area contributed by atoms with E-state index in [1.54, 1.807) is 6.07 Å². The lowest BCUT2D eigenvalue weighted by molar-refractivity contribution is -0.136. The summed E-state index contributed by atoms with van der Waals surface area (Å²) in [4.78, 5) is 49.9. The summed E-state index contributed by atoms with van der Waals surface area (Å²) >= 11 is 0. The van der Waals surface area contributed by atoms with Gasteiger partial charge in [-0.1, -0.05) is 12.1 Å². The summed E-state index contributed by atoms with van der Waals surface area (Å²) in [6.07, 6.45) is 0.976. The number of fused-ring (bicyclic) bond motifs is 1. The molecule has 11 nitrogen and oxygen atoms in total. The second kappa shape index (κ2) is 9.75. The predicted octanol–water partition coefficient (Wildman–Crippen LogP) is 2.01. The molecule has 37 heavy (non-hydrogen) atoms. The second-order valence-electron chi connectivity index (χ2n) is 8.97. The maximum absolute atomic E-state index is 15.2. The number of piperidine rings is 1. The number of hydrogen-bond acceptors (Lipinski definition) is 7. The summed E-state index contributed by atoms with van der Waals surface area (Å²) in [5.74, 6) is -2.54. The second-order valence-corrected chi connectivity index (χ2v) is 8.97. The molecule has 14 heteroatoms. The number of ether oxygens (including phenoxy) is 2. The number of nitrogens with zero attached hydrogens (tertiary/aromatic N) is 3. The first-order valence-corrected chi connectivity index (χ1v) is 11.6. The highest BCUT2D eigenvalue weighted by atomic mass is 19.3. The summed E-state index contributed by atoms with van der Waals surface area (Å²) in [6, 6.07) is 3.18. The van der Waals surface area contributed by atoms with Gasteiger partial charge in [-0.05, 0) is 12.0 Å². The topological polar surface area (TPSA) is 132 Å². The fourth-order valence-corrected chi connectivity index (χ4v) is 4.74. The van der Waals surface area contributed by atoms with Gasteiger partial charge >= 0.3 is 12.7 Å². The van der Waals surface area contributed by atoms with Crippen molar-refractivity contribution in [3.8, 4) is 5.88 Å². The number of alkyl carbamates (subject to hydrolysis) is 1. The molecular weight excluding hydrogens is 499 g/mol. The van der Waals surface area contributed by atoms with Gasteiger partial charge in [-0.25, -0.2) is 13.9 Å². The van der Waals surface area contributed by atoms with Crippen LogP contribution in [-0.2, 0) is 27.4 Å². The monoisotopic (exact) mass is 521 g/mol. The van der Waals surface area contributed by atoms with E-state index in [9.17, 15) is 28.0 Å². The van der Waals surface area contributed by atoms with Gasteiger partial charge in [0.25, 0.3) is 5.91 Å². The third-order valence-electron chi connectivity index (χ3n) is 6.67. The molecule has 3 heterocycles. The third kappa shape index (κ3) is 4.82. The maximum Gasteiger partial charge on any atom is 0.407 e. The molecule has 1 saturated carbocycles. The zero-order valence-corrected chi connectivity index (χ0v) is 19.3. The van der Waals surface area contributed by atoms with Crippen LogP contribution < -0.4 is 15.4 Å². The average Bonchev–Trinajstić information content (AvgIpc) is 3.39. The molecule has 1 aromatic carbocycles. The van der Waals surface area contributed by atoms with Crippen LogP contribution in [0.4, 0.5) is 18.0 Å². The Bertz CT molecular complexity index is 1260. The third-order valence-corrected chi connectivity index (χ3v) is 6.67. The molecule has 1 saturated heterocycles. The Morgan fingerprint density at radius 2 is 2.00 bits per heavy atom. The lowest BCUT2D eigenvalue weighted by Gasteiger charge is -2.35. The quantitative estimate of drug-likeness (QED) is 0.533. The van der Waals surface area contributed by atoms with Crippen molar-refractivity contribution in [2.75, 3.05) is 0 Å². The molecular formula is C23H22F3N5O6. The van der Waals surface area contributed by atoms with Gasteiger partial charge in [0, 0.05) is 44.0 Å². The minimum absolute atomic E-state index is 0.0380. The van der Waals surface area contributed by atoms with Gasteiger partial charge < -0.3 is 19.7 Å². The van der Waals surface area contributed by atoms with Crippen LogP contribution in [0.1, 0.15) is 53.2 Å². The highest BCUT2D eigenvalue weighted by Crippen LogP contribution is 2.37. The van der Waals surface area contributed by atoms with Gasteiger partial charge in [0.2, 0.25) is 17.7 Å². The predicted molar refractivity (Wildman–Crippen MR) is 117 cm³/mol. The van der Waals surface area contributed by atoms with E-state index in [-0.39, 0.29) is 49.0 Å². The van der Waals surface area contributed by atoms with E-state index in [1.165, 1.54) is 27.9 Å². The summed E-state index contributed by atoms with van der Waals surface area (Å²) in [5, 5.41) is 8.59. The molecule has 2 fully saturated rings. The van der Waals surface area contributed by atoms with Gasteiger partial charge in [0.1, 0.15) is 18.0 Å². The molecule has 196 valence electrons. The molecule has 0 unspecified atom stereocenters. The SMILES string of the molecule is O=C1CC[C@H](N2Cc3ccc(CNC(=O)OC4CC(n5nccc5OC(F)F)C4)c(F)c3C2=O)C(=O)N1. The molecule has 2 aromatic rings. The van der Waals surface area contributed by atoms with Crippen molar-refractivity contribution in [3.05, 3.63) is 46.9 Å². The average molecular weight is 521 g/mol. The van der Waals surface area contributed by atoms with Gasteiger partial charge in [-0.3, -0.25) is 19.7 Å². The Kier molecular flexibility index (Phi) is 6.48. The van der Waals surface area contributed by atoms with Crippen LogP contribution in [-0.4, -0.2) is 57.3 Å². The Balaban J connectivity index is 1.14. The van der Waals surface area contributed by atoms with Crippen molar-refractivity contribution in [2.45, 2.75) is 63.6 Å². The van der Waals surface area contributed by atoms with Crippen molar-refractivity contribution < 1.29 is 41.8 Å². The number of carbonyl (C=O) groups excluding carboxylic acids is 4. The van der Waals surface area contributed by atoms with Gasteiger partial charge in [0.05, 0.1) is 17.8 Å².